The van der Waals surface area contributed by atoms with E-state index in [2.05, 4.69) is 62.1 Å². The van der Waals surface area contributed by atoms with E-state index in [1.54, 1.807) is 0 Å². The number of carbonyl (C=O) groups excluding carboxylic acids is 1. The normalized spacial score (nSPS) is 11.7. The molecular formula is C22H34N2O2+2. The van der Waals surface area contributed by atoms with Crippen LogP contribution in [0.1, 0.15) is 38.2 Å². The summed E-state index contributed by atoms with van der Waals surface area (Å²) in [6.45, 7) is 7.69. The van der Waals surface area contributed by atoms with Gasteiger partial charge in [-0.25, -0.2) is 0 Å². The van der Waals surface area contributed by atoms with Crippen molar-refractivity contribution in [1.29, 1.82) is 0 Å². The maximum atomic E-state index is 11.4. The van der Waals surface area contributed by atoms with Crippen LogP contribution in [0.15, 0.2) is 36.5 Å². The molecule has 0 bridgehead atoms. The van der Waals surface area contributed by atoms with Crippen LogP contribution >= 0.6 is 0 Å². The summed E-state index contributed by atoms with van der Waals surface area (Å²) in [5, 5.41) is 1.34. The Balaban J connectivity index is 1.78. The fraction of sp³-hybridized carbons (Fsp3) is 0.545. The number of carbonyl (C=O) groups is 1. The molecule has 1 aromatic heterocycles. The van der Waals surface area contributed by atoms with Gasteiger partial charge in [0, 0.05) is 36.8 Å². The van der Waals surface area contributed by atoms with Crippen molar-refractivity contribution < 1.29 is 18.6 Å². The van der Waals surface area contributed by atoms with Gasteiger partial charge in [-0.05, 0) is 25.5 Å². The van der Waals surface area contributed by atoms with Gasteiger partial charge < -0.3 is 9.22 Å². The second-order valence-electron chi connectivity index (χ2n) is 7.71. The summed E-state index contributed by atoms with van der Waals surface area (Å²) in [4.78, 5) is 11.4. The molecule has 1 heterocycles. The van der Waals surface area contributed by atoms with E-state index in [1.807, 2.05) is 6.92 Å². The Morgan fingerprint density at radius 2 is 1.81 bits per heavy atom. The Morgan fingerprint density at radius 1 is 1.08 bits per heavy atom. The smallest absolute Gasteiger partial charge is 0.305 e. The maximum Gasteiger partial charge on any atom is 0.305 e. The van der Waals surface area contributed by atoms with Crippen LogP contribution in [0, 0.1) is 6.92 Å². The number of hydrogen-bond donors (Lipinski definition) is 0. The SMILES string of the molecule is CCOC(=O)CCC[N+](C)(C)CCCC[n+]1ccc(C)c2ccccc21. The minimum atomic E-state index is -0.0739. The summed E-state index contributed by atoms with van der Waals surface area (Å²) in [7, 11) is 4.50. The fourth-order valence-corrected chi connectivity index (χ4v) is 3.44. The molecule has 4 heteroatoms. The standard InChI is InChI=1S/C22H34N2O2/c1-5-26-22(25)13-10-18-24(3,4)17-9-8-15-23-16-14-19(2)20-11-6-7-12-21(20)23/h6-7,11-12,14,16H,5,8-10,13,15,17-18H2,1-4H3/q+2. The molecule has 0 aliphatic rings. The van der Waals surface area contributed by atoms with Crippen molar-refractivity contribution in [2.24, 2.45) is 0 Å². The topological polar surface area (TPSA) is 30.2 Å². The summed E-state index contributed by atoms with van der Waals surface area (Å²) in [6.07, 6.45) is 5.97. The molecule has 1 aromatic carbocycles. The number of aromatic nitrogens is 1. The Hall–Kier alpha value is -1.94. The summed E-state index contributed by atoms with van der Waals surface area (Å²) in [5.41, 5.74) is 2.65. The Labute approximate surface area is 158 Å². The second kappa shape index (κ2) is 9.67. The van der Waals surface area contributed by atoms with Gasteiger partial charge in [0.2, 0.25) is 5.52 Å². The average molecular weight is 359 g/mol. The molecule has 142 valence electrons. The van der Waals surface area contributed by atoms with Crippen molar-refractivity contribution in [3.63, 3.8) is 0 Å². The molecule has 0 aliphatic carbocycles. The first kappa shape index (κ1) is 20.4. The minimum absolute atomic E-state index is 0.0739. The van der Waals surface area contributed by atoms with E-state index in [4.69, 9.17) is 4.74 Å². The Morgan fingerprint density at radius 3 is 2.58 bits per heavy atom. The van der Waals surface area contributed by atoms with Gasteiger partial charge in [0.25, 0.3) is 0 Å². The van der Waals surface area contributed by atoms with Crippen LogP contribution in [0.3, 0.4) is 0 Å². The number of fused-ring (bicyclic) bond motifs is 1. The van der Waals surface area contributed by atoms with E-state index in [9.17, 15) is 4.79 Å². The molecule has 26 heavy (non-hydrogen) atoms. The predicted octanol–water partition coefficient (Wildman–Crippen LogP) is 3.64. The van der Waals surface area contributed by atoms with E-state index in [0.717, 1.165) is 37.0 Å². The van der Waals surface area contributed by atoms with Gasteiger partial charge in [-0.1, -0.05) is 12.1 Å². The second-order valence-corrected chi connectivity index (χ2v) is 7.71. The number of pyridine rings is 1. The van der Waals surface area contributed by atoms with Crippen molar-refractivity contribution in [2.75, 3.05) is 33.8 Å². The molecule has 2 aromatic rings. The molecule has 0 N–H and O–H groups in total. The molecular weight excluding hydrogens is 324 g/mol. The van der Waals surface area contributed by atoms with Crippen LogP contribution in [0.25, 0.3) is 10.9 Å². The third kappa shape index (κ3) is 6.10. The maximum absolute atomic E-state index is 11.4. The summed E-state index contributed by atoms with van der Waals surface area (Å²) in [5.74, 6) is -0.0739. The molecule has 0 amide bonds. The average Bonchev–Trinajstić information content (AvgIpc) is 2.61. The van der Waals surface area contributed by atoms with Crippen LogP contribution in [0.5, 0.6) is 0 Å². The highest BCUT2D eigenvalue weighted by atomic mass is 16.5. The third-order valence-electron chi connectivity index (χ3n) is 5.00. The summed E-state index contributed by atoms with van der Waals surface area (Å²) in [6, 6.07) is 10.8. The molecule has 4 nitrogen and oxygen atoms in total. The van der Waals surface area contributed by atoms with Crippen LogP contribution in [-0.2, 0) is 16.1 Å². The summed E-state index contributed by atoms with van der Waals surface area (Å²) < 4.78 is 8.32. The lowest BCUT2D eigenvalue weighted by atomic mass is 10.1. The van der Waals surface area contributed by atoms with Gasteiger partial charge in [0.1, 0.15) is 6.54 Å². The molecule has 2 rings (SSSR count). The fourth-order valence-electron chi connectivity index (χ4n) is 3.44. The van der Waals surface area contributed by atoms with E-state index in [0.29, 0.717) is 13.0 Å². The Bertz CT molecular complexity index is 725. The third-order valence-corrected chi connectivity index (χ3v) is 5.00. The van der Waals surface area contributed by atoms with Crippen LogP contribution in [0.4, 0.5) is 0 Å². The highest BCUT2D eigenvalue weighted by molar-refractivity contribution is 5.78. The van der Waals surface area contributed by atoms with Crippen molar-refractivity contribution in [3.05, 3.63) is 42.1 Å². The van der Waals surface area contributed by atoms with Gasteiger partial charge in [-0.2, -0.15) is 4.57 Å². The number of hydrogen-bond acceptors (Lipinski definition) is 2. The zero-order chi connectivity index (χ0) is 19.0. The minimum Gasteiger partial charge on any atom is -0.466 e. The first-order valence-corrected chi connectivity index (χ1v) is 9.78. The molecule has 0 saturated carbocycles. The first-order chi connectivity index (χ1) is 12.4. The summed E-state index contributed by atoms with van der Waals surface area (Å²) >= 11 is 0. The number of esters is 1. The lowest BCUT2D eigenvalue weighted by Gasteiger charge is -2.29. The number of unbranched alkanes of at least 4 members (excludes halogenated alkanes) is 1. The molecule has 0 spiro atoms. The number of nitrogens with zero attached hydrogens (tertiary/aromatic N) is 2. The van der Waals surface area contributed by atoms with Crippen molar-refractivity contribution in [3.8, 4) is 0 Å². The Kier molecular flexibility index (Phi) is 7.58. The first-order valence-electron chi connectivity index (χ1n) is 9.78. The lowest BCUT2D eigenvalue weighted by molar-refractivity contribution is -0.890. The largest absolute Gasteiger partial charge is 0.466 e. The highest BCUT2D eigenvalue weighted by Gasteiger charge is 2.16. The molecule has 0 saturated heterocycles. The molecule has 0 fully saturated rings. The zero-order valence-electron chi connectivity index (χ0n) is 16.8. The van der Waals surface area contributed by atoms with Crippen molar-refractivity contribution in [2.45, 2.75) is 46.1 Å². The quantitative estimate of drug-likeness (QED) is 0.281. The van der Waals surface area contributed by atoms with E-state index < -0.39 is 0 Å². The lowest BCUT2D eigenvalue weighted by Crippen LogP contribution is -2.42. The number of rotatable bonds is 10. The monoisotopic (exact) mass is 358 g/mol. The molecule has 0 aliphatic heterocycles. The highest BCUT2D eigenvalue weighted by Crippen LogP contribution is 2.14. The number of quaternary nitrogens is 1. The van der Waals surface area contributed by atoms with Crippen LogP contribution in [-0.4, -0.2) is 44.2 Å². The van der Waals surface area contributed by atoms with Gasteiger partial charge in [-0.3, -0.25) is 4.79 Å². The van der Waals surface area contributed by atoms with Crippen molar-refractivity contribution in [1.82, 2.24) is 0 Å². The van der Waals surface area contributed by atoms with Gasteiger partial charge in [-0.15, -0.1) is 0 Å². The van der Waals surface area contributed by atoms with Gasteiger partial charge in [0.15, 0.2) is 6.20 Å². The predicted molar refractivity (Wildman–Crippen MR) is 106 cm³/mol. The van der Waals surface area contributed by atoms with E-state index in [-0.39, 0.29) is 5.97 Å². The number of para-hydroxylation sites is 1. The van der Waals surface area contributed by atoms with Crippen LogP contribution < -0.4 is 4.57 Å². The molecule has 0 radical (unpaired) electrons. The van der Waals surface area contributed by atoms with Crippen LogP contribution in [0.2, 0.25) is 0 Å². The number of benzene rings is 1. The zero-order valence-corrected chi connectivity index (χ0v) is 16.8. The molecule has 0 atom stereocenters. The molecule has 0 unspecified atom stereocenters. The number of ether oxygens (including phenoxy) is 1. The van der Waals surface area contributed by atoms with E-state index in [1.165, 1.54) is 22.9 Å². The number of aryl methyl sites for hydroxylation is 2. The van der Waals surface area contributed by atoms with Gasteiger partial charge in [0.05, 0.1) is 40.2 Å². The van der Waals surface area contributed by atoms with Crippen molar-refractivity contribution >= 4 is 16.9 Å². The van der Waals surface area contributed by atoms with Gasteiger partial charge >= 0.3 is 5.97 Å². The van der Waals surface area contributed by atoms with E-state index >= 15 is 0 Å².